The topological polar surface area (TPSA) is 73.2 Å². The smallest absolute Gasteiger partial charge is 0.266 e. The first-order valence-electron chi connectivity index (χ1n) is 10.1. The monoisotopic (exact) mass is 467 g/mol. The number of carbonyl (C=O) groups is 1. The van der Waals surface area contributed by atoms with E-state index in [2.05, 4.69) is 10.3 Å². The molecule has 1 aromatic heterocycles. The minimum absolute atomic E-state index is 0.103. The summed E-state index contributed by atoms with van der Waals surface area (Å²) in [7, 11) is 0. The Hall–Kier alpha value is -3.72. The number of hydrogen-bond donors (Lipinski definition) is 1. The minimum Gasteiger partial charge on any atom is -0.492 e. The second-order valence-corrected chi connectivity index (χ2v) is 7.86. The van der Waals surface area contributed by atoms with E-state index in [1.807, 2.05) is 6.92 Å². The first-order valence-corrected chi connectivity index (χ1v) is 11.1. The van der Waals surface area contributed by atoms with Crippen LogP contribution in [0.2, 0.25) is 0 Å². The van der Waals surface area contributed by atoms with Gasteiger partial charge in [-0.2, -0.15) is 0 Å². The maximum Gasteiger partial charge on any atom is 0.266 e. The van der Waals surface area contributed by atoms with Gasteiger partial charge in [-0.3, -0.25) is 14.2 Å². The number of hydrogen-bond acceptors (Lipinski definition) is 5. The quantitative estimate of drug-likeness (QED) is 0.312. The number of carbonyl (C=O) groups excluding carboxylic acids is 1. The average Bonchev–Trinajstić information content (AvgIpc) is 2.80. The van der Waals surface area contributed by atoms with E-state index in [0.29, 0.717) is 29.6 Å². The zero-order valence-electron chi connectivity index (χ0n) is 17.5. The van der Waals surface area contributed by atoms with Crippen molar-refractivity contribution in [1.29, 1.82) is 0 Å². The summed E-state index contributed by atoms with van der Waals surface area (Å²) in [6.07, 6.45) is 0. The van der Waals surface area contributed by atoms with E-state index in [0.717, 1.165) is 22.4 Å². The molecule has 0 unspecified atom stereocenters. The molecule has 33 heavy (non-hydrogen) atoms. The second kappa shape index (κ2) is 9.83. The number of rotatable bonds is 7. The molecule has 6 nitrogen and oxygen atoms in total. The SMILES string of the molecule is CCOc1ccccc1NC(=O)CSc1nc2ccccc2c(=O)n1-c1ccc(F)cc1F. The van der Waals surface area contributed by atoms with Crippen LogP contribution in [0.15, 0.2) is 76.7 Å². The van der Waals surface area contributed by atoms with Gasteiger partial charge < -0.3 is 10.1 Å². The normalized spacial score (nSPS) is 10.9. The van der Waals surface area contributed by atoms with Gasteiger partial charge in [0.2, 0.25) is 5.91 Å². The lowest BCUT2D eigenvalue weighted by Gasteiger charge is -2.14. The third-order valence-corrected chi connectivity index (χ3v) is 5.63. The number of aromatic nitrogens is 2. The minimum atomic E-state index is -0.911. The van der Waals surface area contributed by atoms with E-state index in [4.69, 9.17) is 4.74 Å². The summed E-state index contributed by atoms with van der Waals surface area (Å²) in [5.74, 6) is -1.60. The Morgan fingerprint density at radius 1 is 1.09 bits per heavy atom. The highest BCUT2D eigenvalue weighted by Gasteiger charge is 2.18. The van der Waals surface area contributed by atoms with E-state index in [1.54, 1.807) is 48.5 Å². The number of thioether (sulfide) groups is 1. The van der Waals surface area contributed by atoms with Crippen LogP contribution < -0.4 is 15.6 Å². The number of anilines is 1. The molecule has 0 saturated heterocycles. The molecule has 168 valence electrons. The van der Waals surface area contributed by atoms with Crippen LogP contribution >= 0.6 is 11.8 Å². The van der Waals surface area contributed by atoms with Crippen molar-refractivity contribution < 1.29 is 18.3 Å². The van der Waals surface area contributed by atoms with Gasteiger partial charge in [0.05, 0.1) is 34.6 Å². The Bertz CT molecular complexity index is 1390. The summed E-state index contributed by atoms with van der Waals surface area (Å²) >= 11 is 0.969. The van der Waals surface area contributed by atoms with Crippen LogP contribution in [0, 0.1) is 11.6 Å². The van der Waals surface area contributed by atoms with Crippen molar-refractivity contribution in [2.24, 2.45) is 0 Å². The van der Waals surface area contributed by atoms with Gasteiger partial charge in [-0.15, -0.1) is 0 Å². The van der Waals surface area contributed by atoms with Crippen molar-refractivity contribution >= 4 is 34.3 Å². The van der Waals surface area contributed by atoms with E-state index < -0.39 is 17.2 Å². The van der Waals surface area contributed by atoms with Gasteiger partial charge in [0.25, 0.3) is 5.56 Å². The van der Waals surface area contributed by atoms with E-state index >= 15 is 0 Å². The van der Waals surface area contributed by atoms with Crippen LogP contribution in [0.4, 0.5) is 14.5 Å². The third kappa shape index (κ3) is 4.88. The molecular formula is C24H19F2N3O3S. The standard InChI is InChI=1S/C24H19F2N3O3S/c1-2-32-21-10-6-5-9-19(21)27-22(30)14-33-24-28-18-8-4-3-7-16(18)23(31)29(24)20-12-11-15(25)13-17(20)26/h3-13H,2,14H2,1H3,(H,27,30). The lowest BCUT2D eigenvalue weighted by molar-refractivity contribution is -0.113. The van der Waals surface area contributed by atoms with Crippen LogP contribution in [-0.4, -0.2) is 27.8 Å². The summed E-state index contributed by atoms with van der Waals surface area (Å²) in [5.41, 5.74) is 0.254. The molecule has 4 rings (SSSR count). The fourth-order valence-corrected chi connectivity index (χ4v) is 4.06. The number of amides is 1. The van der Waals surface area contributed by atoms with Crippen molar-refractivity contribution in [2.75, 3.05) is 17.7 Å². The van der Waals surface area contributed by atoms with Crippen molar-refractivity contribution in [2.45, 2.75) is 12.1 Å². The lowest BCUT2D eigenvalue weighted by Crippen LogP contribution is -2.24. The fourth-order valence-electron chi connectivity index (χ4n) is 3.25. The van der Waals surface area contributed by atoms with Crippen LogP contribution in [0.3, 0.4) is 0 Å². The lowest BCUT2D eigenvalue weighted by atomic mass is 10.2. The highest BCUT2D eigenvalue weighted by Crippen LogP contribution is 2.26. The molecule has 0 bridgehead atoms. The van der Waals surface area contributed by atoms with Crippen molar-refractivity contribution in [3.05, 3.63) is 88.7 Å². The number of fused-ring (bicyclic) bond motifs is 1. The highest BCUT2D eigenvalue weighted by atomic mass is 32.2. The Labute approximate surface area is 192 Å². The second-order valence-electron chi connectivity index (χ2n) is 6.91. The molecule has 0 saturated carbocycles. The van der Waals surface area contributed by atoms with Crippen LogP contribution in [0.25, 0.3) is 16.6 Å². The maximum absolute atomic E-state index is 14.6. The summed E-state index contributed by atoms with van der Waals surface area (Å²) < 4.78 is 34.6. The van der Waals surface area contributed by atoms with Crippen LogP contribution in [-0.2, 0) is 4.79 Å². The molecular weight excluding hydrogens is 448 g/mol. The molecule has 9 heteroatoms. The molecule has 0 aliphatic carbocycles. The van der Waals surface area contributed by atoms with Gasteiger partial charge in [-0.05, 0) is 43.3 Å². The van der Waals surface area contributed by atoms with Gasteiger partial charge >= 0.3 is 0 Å². The third-order valence-electron chi connectivity index (χ3n) is 4.69. The predicted octanol–water partition coefficient (Wildman–Crippen LogP) is 4.79. The van der Waals surface area contributed by atoms with Gasteiger partial charge in [0.1, 0.15) is 17.4 Å². The molecule has 0 aliphatic heterocycles. The molecule has 4 aromatic rings. The largest absolute Gasteiger partial charge is 0.492 e. The Morgan fingerprint density at radius 2 is 1.85 bits per heavy atom. The first-order chi connectivity index (χ1) is 16.0. The van der Waals surface area contributed by atoms with E-state index in [1.165, 1.54) is 6.07 Å². The zero-order valence-corrected chi connectivity index (χ0v) is 18.4. The predicted molar refractivity (Wildman–Crippen MR) is 124 cm³/mol. The summed E-state index contributed by atoms with van der Waals surface area (Å²) in [5, 5.41) is 3.16. The summed E-state index contributed by atoms with van der Waals surface area (Å²) in [6.45, 7) is 2.28. The molecule has 0 atom stereocenters. The Morgan fingerprint density at radius 3 is 2.64 bits per heavy atom. The number of benzene rings is 3. The molecule has 0 radical (unpaired) electrons. The van der Waals surface area contributed by atoms with Crippen LogP contribution in [0.1, 0.15) is 6.92 Å². The molecule has 1 heterocycles. The number of para-hydroxylation sites is 3. The van der Waals surface area contributed by atoms with Crippen molar-refractivity contribution in [1.82, 2.24) is 9.55 Å². The Balaban J connectivity index is 1.67. The highest BCUT2D eigenvalue weighted by molar-refractivity contribution is 7.99. The molecule has 0 spiro atoms. The van der Waals surface area contributed by atoms with Crippen molar-refractivity contribution in [3.8, 4) is 11.4 Å². The van der Waals surface area contributed by atoms with Gasteiger partial charge in [0, 0.05) is 6.07 Å². The molecule has 0 fully saturated rings. The number of nitrogens with one attached hydrogen (secondary N) is 1. The van der Waals surface area contributed by atoms with E-state index in [-0.39, 0.29) is 27.9 Å². The average molecular weight is 467 g/mol. The molecule has 1 amide bonds. The zero-order chi connectivity index (χ0) is 23.4. The molecule has 0 aliphatic rings. The number of nitrogens with zero attached hydrogens (tertiary/aromatic N) is 2. The van der Waals surface area contributed by atoms with Crippen LogP contribution in [0.5, 0.6) is 5.75 Å². The van der Waals surface area contributed by atoms with Gasteiger partial charge in [-0.1, -0.05) is 36.0 Å². The molecule has 3 aromatic carbocycles. The van der Waals surface area contributed by atoms with Gasteiger partial charge in [-0.25, -0.2) is 13.8 Å². The first kappa shape index (κ1) is 22.5. The Kier molecular flexibility index (Phi) is 6.69. The van der Waals surface area contributed by atoms with Gasteiger partial charge in [0.15, 0.2) is 5.16 Å². The summed E-state index contributed by atoms with van der Waals surface area (Å²) in [6, 6.07) is 16.6. The fraction of sp³-hybridized carbons (Fsp3) is 0.125. The molecule has 1 N–H and O–H groups in total. The number of ether oxygens (including phenoxy) is 1. The maximum atomic E-state index is 14.6. The number of halogens is 2. The van der Waals surface area contributed by atoms with Crippen molar-refractivity contribution in [3.63, 3.8) is 0 Å². The summed E-state index contributed by atoms with van der Waals surface area (Å²) in [4.78, 5) is 30.3. The van der Waals surface area contributed by atoms with E-state index in [9.17, 15) is 18.4 Å².